The van der Waals surface area contributed by atoms with Crippen LogP contribution in [-0.4, -0.2) is 28.4 Å². The van der Waals surface area contributed by atoms with Gasteiger partial charge in [0.25, 0.3) is 11.8 Å². The molecule has 1 aliphatic rings. The molecule has 0 unspecified atom stereocenters. The van der Waals surface area contributed by atoms with Gasteiger partial charge in [-0.3, -0.25) is 9.59 Å². The summed E-state index contributed by atoms with van der Waals surface area (Å²) in [5.41, 5.74) is -0.416. The minimum atomic E-state index is -1.22. The van der Waals surface area contributed by atoms with Crippen molar-refractivity contribution in [1.29, 1.82) is 0 Å². The third-order valence-corrected chi connectivity index (χ3v) is 5.89. The number of hydrogen-bond acceptors (Lipinski definition) is 4. The van der Waals surface area contributed by atoms with Crippen molar-refractivity contribution >= 4 is 34.8 Å². The first-order chi connectivity index (χ1) is 12.9. The van der Waals surface area contributed by atoms with Crippen molar-refractivity contribution in [3.8, 4) is 0 Å². The van der Waals surface area contributed by atoms with E-state index < -0.39 is 17.4 Å². The van der Waals surface area contributed by atoms with Crippen molar-refractivity contribution < 1.29 is 19.5 Å². The van der Waals surface area contributed by atoms with Crippen LogP contribution in [0.2, 0.25) is 0 Å². The van der Waals surface area contributed by atoms with Crippen LogP contribution in [0, 0.1) is 5.92 Å². The predicted molar refractivity (Wildman–Crippen MR) is 104 cm³/mol. The molecular weight excluding hydrogens is 364 g/mol. The molecule has 0 spiro atoms. The second-order valence-corrected chi connectivity index (χ2v) is 7.98. The number of amides is 2. The van der Waals surface area contributed by atoms with Gasteiger partial charge in [0.2, 0.25) is 0 Å². The van der Waals surface area contributed by atoms with Gasteiger partial charge in [0.15, 0.2) is 0 Å². The minimum absolute atomic E-state index is 0.245. The first kappa shape index (κ1) is 19.1. The smallest absolute Gasteiger partial charge is 0.329 e. The SMILES string of the molecule is CC1CCC(NC(=O)c2cccc(NC(=O)c3cccs3)c2)(C(=O)O)CC1. The van der Waals surface area contributed by atoms with E-state index in [1.165, 1.54) is 11.3 Å². The Bertz CT molecular complexity index is 839. The zero-order chi connectivity index (χ0) is 19.4. The minimum Gasteiger partial charge on any atom is -0.480 e. The quantitative estimate of drug-likeness (QED) is 0.729. The van der Waals surface area contributed by atoms with Crippen LogP contribution < -0.4 is 10.6 Å². The Morgan fingerprint density at radius 3 is 2.48 bits per heavy atom. The van der Waals surface area contributed by atoms with Gasteiger partial charge in [-0.25, -0.2) is 4.79 Å². The molecule has 1 aromatic carbocycles. The number of benzene rings is 1. The lowest BCUT2D eigenvalue weighted by molar-refractivity contribution is -0.146. The second kappa shape index (κ2) is 7.92. The highest BCUT2D eigenvalue weighted by Gasteiger charge is 2.42. The zero-order valence-electron chi connectivity index (χ0n) is 15.0. The number of aliphatic carboxylic acids is 1. The summed E-state index contributed by atoms with van der Waals surface area (Å²) in [6, 6.07) is 10.0. The average molecular weight is 386 g/mol. The van der Waals surface area contributed by atoms with Gasteiger partial charge in [-0.1, -0.05) is 19.1 Å². The Morgan fingerprint density at radius 1 is 1.11 bits per heavy atom. The standard InChI is InChI=1S/C20H22N2O4S/c1-13-7-9-20(10-8-13,19(25)26)22-17(23)14-4-2-5-15(12-14)21-18(24)16-6-3-11-27-16/h2-6,11-13H,7-10H2,1H3,(H,21,24)(H,22,23)(H,25,26). The molecule has 27 heavy (non-hydrogen) atoms. The number of carbonyl (C=O) groups is 3. The summed E-state index contributed by atoms with van der Waals surface area (Å²) in [6.07, 6.45) is 2.38. The number of hydrogen-bond donors (Lipinski definition) is 3. The summed E-state index contributed by atoms with van der Waals surface area (Å²) in [7, 11) is 0. The van der Waals surface area contributed by atoms with E-state index in [9.17, 15) is 19.5 Å². The Morgan fingerprint density at radius 2 is 1.85 bits per heavy atom. The lowest BCUT2D eigenvalue weighted by Gasteiger charge is -2.36. The maximum Gasteiger partial charge on any atom is 0.329 e. The molecule has 1 saturated carbocycles. The van der Waals surface area contributed by atoms with Gasteiger partial charge in [-0.2, -0.15) is 0 Å². The molecule has 142 valence electrons. The van der Waals surface area contributed by atoms with Gasteiger partial charge in [0.05, 0.1) is 4.88 Å². The molecule has 3 rings (SSSR count). The van der Waals surface area contributed by atoms with E-state index in [0.29, 0.717) is 34.9 Å². The molecule has 6 nitrogen and oxygen atoms in total. The Hall–Kier alpha value is -2.67. The average Bonchev–Trinajstić information content (AvgIpc) is 3.19. The van der Waals surface area contributed by atoms with Crippen molar-refractivity contribution in [2.24, 2.45) is 5.92 Å². The molecule has 3 N–H and O–H groups in total. The maximum atomic E-state index is 12.7. The number of carbonyl (C=O) groups excluding carboxylic acids is 2. The first-order valence-electron chi connectivity index (χ1n) is 8.90. The number of rotatable bonds is 5. The van der Waals surface area contributed by atoms with E-state index in [1.807, 2.05) is 5.38 Å². The number of thiophene rings is 1. The van der Waals surface area contributed by atoms with Crippen LogP contribution in [0.15, 0.2) is 41.8 Å². The molecule has 1 aliphatic carbocycles. The lowest BCUT2D eigenvalue weighted by Crippen LogP contribution is -2.56. The molecule has 7 heteroatoms. The fourth-order valence-corrected chi connectivity index (χ4v) is 3.89. The van der Waals surface area contributed by atoms with Crippen molar-refractivity contribution in [2.75, 3.05) is 5.32 Å². The highest BCUT2D eigenvalue weighted by atomic mass is 32.1. The summed E-state index contributed by atoms with van der Waals surface area (Å²) >= 11 is 1.33. The highest BCUT2D eigenvalue weighted by molar-refractivity contribution is 7.12. The third kappa shape index (κ3) is 4.36. The summed E-state index contributed by atoms with van der Waals surface area (Å²) in [6.45, 7) is 2.09. The van der Waals surface area contributed by atoms with Gasteiger partial charge in [-0.15, -0.1) is 11.3 Å². The lowest BCUT2D eigenvalue weighted by atomic mass is 9.77. The maximum absolute atomic E-state index is 12.7. The van der Waals surface area contributed by atoms with Crippen molar-refractivity contribution in [2.45, 2.75) is 38.1 Å². The highest BCUT2D eigenvalue weighted by Crippen LogP contribution is 2.32. The van der Waals surface area contributed by atoms with E-state index >= 15 is 0 Å². The summed E-state index contributed by atoms with van der Waals surface area (Å²) in [5, 5.41) is 17.0. The largest absolute Gasteiger partial charge is 0.480 e. The Labute approximate surface area is 161 Å². The topological polar surface area (TPSA) is 95.5 Å². The number of anilines is 1. The van der Waals surface area contributed by atoms with Crippen LogP contribution in [0.1, 0.15) is 52.6 Å². The van der Waals surface area contributed by atoms with E-state index in [2.05, 4.69) is 17.6 Å². The molecule has 1 aromatic heterocycles. The fourth-order valence-electron chi connectivity index (χ4n) is 3.28. The molecule has 0 atom stereocenters. The van der Waals surface area contributed by atoms with E-state index in [4.69, 9.17) is 0 Å². The van der Waals surface area contributed by atoms with Gasteiger partial charge in [0.1, 0.15) is 5.54 Å². The van der Waals surface area contributed by atoms with Gasteiger partial charge in [-0.05, 0) is 61.2 Å². The van der Waals surface area contributed by atoms with Crippen LogP contribution in [0.25, 0.3) is 0 Å². The van der Waals surface area contributed by atoms with E-state index in [0.717, 1.165) is 12.8 Å². The second-order valence-electron chi connectivity index (χ2n) is 7.04. The Balaban J connectivity index is 1.73. The van der Waals surface area contributed by atoms with Gasteiger partial charge >= 0.3 is 5.97 Å². The number of carboxylic acid groups (broad SMARTS) is 1. The molecule has 0 radical (unpaired) electrons. The number of carboxylic acids is 1. The number of nitrogens with one attached hydrogen (secondary N) is 2. The Kier molecular flexibility index (Phi) is 5.60. The summed E-state index contributed by atoms with van der Waals surface area (Å²) in [4.78, 5) is 37.2. The third-order valence-electron chi connectivity index (χ3n) is 5.02. The normalized spacial score (nSPS) is 22.0. The first-order valence-corrected chi connectivity index (χ1v) is 9.78. The van der Waals surface area contributed by atoms with Crippen molar-refractivity contribution in [3.63, 3.8) is 0 Å². The van der Waals surface area contributed by atoms with Gasteiger partial charge < -0.3 is 15.7 Å². The zero-order valence-corrected chi connectivity index (χ0v) is 15.8. The molecular formula is C20H22N2O4S. The van der Waals surface area contributed by atoms with Crippen LogP contribution in [0.3, 0.4) is 0 Å². The van der Waals surface area contributed by atoms with Crippen LogP contribution in [0.5, 0.6) is 0 Å². The summed E-state index contributed by atoms with van der Waals surface area (Å²) in [5.74, 6) is -1.22. The van der Waals surface area contributed by atoms with Crippen LogP contribution in [0.4, 0.5) is 5.69 Å². The van der Waals surface area contributed by atoms with E-state index in [1.54, 1.807) is 36.4 Å². The van der Waals surface area contributed by atoms with Crippen molar-refractivity contribution in [1.82, 2.24) is 5.32 Å². The van der Waals surface area contributed by atoms with Gasteiger partial charge in [0, 0.05) is 11.3 Å². The van der Waals surface area contributed by atoms with Crippen molar-refractivity contribution in [3.05, 3.63) is 52.2 Å². The fraction of sp³-hybridized carbons (Fsp3) is 0.350. The summed E-state index contributed by atoms with van der Waals surface area (Å²) < 4.78 is 0. The molecule has 2 aromatic rings. The predicted octanol–water partition coefficient (Wildman–Crippen LogP) is 3.76. The molecule has 1 heterocycles. The molecule has 2 amide bonds. The van der Waals surface area contributed by atoms with Crippen LogP contribution in [-0.2, 0) is 4.79 Å². The van der Waals surface area contributed by atoms with Crippen LogP contribution >= 0.6 is 11.3 Å². The molecule has 0 bridgehead atoms. The monoisotopic (exact) mass is 386 g/mol. The molecule has 1 fully saturated rings. The molecule has 0 saturated heterocycles. The van der Waals surface area contributed by atoms with E-state index in [-0.39, 0.29) is 5.91 Å². The molecule has 0 aliphatic heterocycles.